The highest BCUT2D eigenvalue weighted by molar-refractivity contribution is 6.05. The van der Waals surface area contributed by atoms with Crippen molar-refractivity contribution in [3.05, 3.63) is 41.6 Å². The first kappa shape index (κ1) is 21.5. The number of carbonyl (C=O) groups excluding carboxylic acids is 1. The molecule has 1 amide bonds. The molecule has 0 radical (unpaired) electrons. The third-order valence-corrected chi connectivity index (χ3v) is 5.92. The number of aliphatic hydroxyl groups excluding tert-OH is 2. The van der Waals surface area contributed by atoms with Crippen LogP contribution in [0.25, 0.3) is 0 Å². The summed E-state index contributed by atoms with van der Waals surface area (Å²) < 4.78 is 5.56. The maximum absolute atomic E-state index is 13.4. The molecule has 8 nitrogen and oxygen atoms in total. The molecule has 0 spiro atoms. The Morgan fingerprint density at radius 3 is 2.84 bits per heavy atom. The highest BCUT2D eigenvalue weighted by atomic mass is 16.5. The number of carbonyl (C=O) groups is 1. The summed E-state index contributed by atoms with van der Waals surface area (Å²) in [6, 6.07) is 7.50. The molecular formula is C23H30N4O4. The summed E-state index contributed by atoms with van der Waals surface area (Å²) in [5, 5.41) is 22.2. The fourth-order valence-corrected chi connectivity index (χ4v) is 4.15. The summed E-state index contributed by atoms with van der Waals surface area (Å²) in [6.45, 7) is 1.19. The standard InChI is InChI=1S/C23H30N4O4/c28-13-2-1-12-27(22(30)17-3-8-20-16(15-17)10-14-31-20)21-9-11-24-23(26-21)25-18-4-6-19(29)7-5-18/h3,8-9,11,15,18-19,28-29H,1-2,4-7,10,12-14H2,(H,24,25,26). The van der Waals surface area contributed by atoms with Crippen LogP contribution in [-0.2, 0) is 6.42 Å². The fourth-order valence-electron chi connectivity index (χ4n) is 4.15. The van der Waals surface area contributed by atoms with E-state index >= 15 is 0 Å². The van der Waals surface area contributed by atoms with Crippen molar-refractivity contribution in [3.63, 3.8) is 0 Å². The van der Waals surface area contributed by atoms with E-state index in [0.717, 1.165) is 43.4 Å². The third-order valence-electron chi connectivity index (χ3n) is 5.92. The Morgan fingerprint density at radius 1 is 1.19 bits per heavy atom. The molecule has 1 aliphatic heterocycles. The summed E-state index contributed by atoms with van der Waals surface area (Å²) in [5.74, 6) is 1.74. The molecule has 8 heteroatoms. The van der Waals surface area contributed by atoms with Gasteiger partial charge in [-0.05, 0) is 68.4 Å². The molecular weight excluding hydrogens is 396 g/mol. The Bertz CT molecular complexity index is 899. The van der Waals surface area contributed by atoms with Gasteiger partial charge in [0.05, 0.1) is 12.7 Å². The number of benzene rings is 1. The first-order valence-corrected chi connectivity index (χ1v) is 11.1. The maximum Gasteiger partial charge on any atom is 0.259 e. The molecule has 0 unspecified atom stereocenters. The molecule has 0 atom stereocenters. The monoisotopic (exact) mass is 426 g/mol. The molecule has 2 aromatic rings. The molecule has 0 bridgehead atoms. The first-order chi connectivity index (χ1) is 15.1. The predicted octanol–water partition coefficient (Wildman–Crippen LogP) is 2.55. The Hall–Kier alpha value is -2.71. The highest BCUT2D eigenvalue weighted by Crippen LogP contribution is 2.27. The number of aromatic nitrogens is 2. The van der Waals surface area contributed by atoms with Crippen LogP contribution in [0.4, 0.5) is 11.8 Å². The number of amides is 1. The van der Waals surface area contributed by atoms with Gasteiger partial charge in [0.15, 0.2) is 0 Å². The van der Waals surface area contributed by atoms with Crippen LogP contribution in [0.5, 0.6) is 5.75 Å². The van der Waals surface area contributed by atoms with Gasteiger partial charge in [-0.1, -0.05) is 0 Å². The molecule has 2 heterocycles. The first-order valence-electron chi connectivity index (χ1n) is 11.1. The highest BCUT2D eigenvalue weighted by Gasteiger charge is 2.23. The molecule has 1 aromatic carbocycles. The molecule has 1 fully saturated rings. The zero-order chi connectivity index (χ0) is 21.6. The van der Waals surface area contributed by atoms with Crippen molar-refractivity contribution in [3.8, 4) is 5.75 Å². The minimum atomic E-state index is -0.220. The number of unbranched alkanes of at least 4 members (excludes halogenated alkanes) is 1. The largest absolute Gasteiger partial charge is 0.493 e. The van der Waals surface area contributed by atoms with Gasteiger partial charge in [-0.25, -0.2) is 4.98 Å². The van der Waals surface area contributed by atoms with Crippen molar-refractivity contribution in [1.29, 1.82) is 0 Å². The van der Waals surface area contributed by atoms with Crippen molar-refractivity contribution >= 4 is 17.7 Å². The zero-order valence-corrected chi connectivity index (χ0v) is 17.7. The number of nitrogens with zero attached hydrogens (tertiary/aromatic N) is 3. The average molecular weight is 427 g/mol. The average Bonchev–Trinajstić information content (AvgIpc) is 3.26. The number of aliphatic hydroxyl groups is 2. The molecule has 3 N–H and O–H groups in total. The lowest BCUT2D eigenvalue weighted by Gasteiger charge is -2.27. The summed E-state index contributed by atoms with van der Waals surface area (Å²) in [7, 11) is 0. The van der Waals surface area contributed by atoms with Gasteiger partial charge in [-0.3, -0.25) is 9.69 Å². The summed E-state index contributed by atoms with van der Waals surface area (Å²) >= 11 is 0. The molecule has 1 saturated carbocycles. The van der Waals surface area contributed by atoms with E-state index in [9.17, 15) is 15.0 Å². The quantitative estimate of drug-likeness (QED) is 0.557. The normalized spacial score (nSPS) is 20.1. The predicted molar refractivity (Wildman–Crippen MR) is 118 cm³/mol. The molecule has 166 valence electrons. The van der Waals surface area contributed by atoms with Gasteiger partial charge in [0.25, 0.3) is 5.91 Å². The number of hydrogen-bond acceptors (Lipinski definition) is 7. The van der Waals surface area contributed by atoms with E-state index in [0.29, 0.717) is 43.3 Å². The summed E-state index contributed by atoms with van der Waals surface area (Å²) in [4.78, 5) is 24.0. The van der Waals surface area contributed by atoms with Gasteiger partial charge in [-0.2, -0.15) is 4.98 Å². The van der Waals surface area contributed by atoms with Gasteiger partial charge in [-0.15, -0.1) is 0 Å². The molecule has 31 heavy (non-hydrogen) atoms. The van der Waals surface area contributed by atoms with E-state index in [1.54, 1.807) is 23.2 Å². The van der Waals surface area contributed by atoms with Crippen molar-refractivity contribution in [2.45, 2.75) is 57.1 Å². The van der Waals surface area contributed by atoms with E-state index in [1.807, 2.05) is 12.1 Å². The minimum Gasteiger partial charge on any atom is -0.493 e. The second-order valence-electron chi connectivity index (χ2n) is 8.20. The number of anilines is 2. The maximum atomic E-state index is 13.4. The van der Waals surface area contributed by atoms with Crippen LogP contribution in [0.15, 0.2) is 30.5 Å². The van der Waals surface area contributed by atoms with Crippen molar-refractivity contribution in [2.24, 2.45) is 0 Å². The smallest absolute Gasteiger partial charge is 0.259 e. The molecule has 0 saturated heterocycles. The lowest BCUT2D eigenvalue weighted by molar-refractivity contribution is 0.0985. The Morgan fingerprint density at radius 2 is 2.03 bits per heavy atom. The lowest BCUT2D eigenvalue weighted by atomic mass is 9.93. The SMILES string of the molecule is O=C(c1ccc2c(c1)CCO2)N(CCCCO)c1ccnc(NC2CCC(O)CC2)n1. The van der Waals surface area contributed by atoms with Gasteiger partial charge >= 0.3 is 0 Å². The van der Waals surface area contributed by atoms with E-state index < -0.39 is 0 Å². The van der Waals surface area contributed by atoms with Gasteiger partial charge in [0.2, 0.25) is 5.95 Å². The summed E-state index contributed by atoms with van der Waals surface area (Å²) in [6.07, 6.45) is 6.80. The van der Waals surface area contributed by atoms with E-state index in [1.165, 1.54) is 0 Å². The number of rotatable bonds is 8. The van der Waals surface area contributed by atoms with Crippen LogP contribution in [0, 0.1) is 0 Å². The molecule has 1 aliphatic carbocycles. The second-order valence-corrected chi connectivity index (χ2v) is 8.20. The summed E-state index contributed by atoms with van der Waals surface area (Å²) in [5.41, 5.74) is 1.65. The van der Waals surface area contributed by atoms with E-state index in [2.05, 4.69) is 15.3 Å². The van der Waals surface area contributed by atoms with E-state index in [-0.39, 0.29) is 24.7 Å². The van der Waals surface area contributed by atoms with Crippen LogP contribution >= 0.6 is 0 Å². The zero-order valence-electron chi connectivity index (χ0n) is 17.7. The number of ether oxygens (including phenoxy) is 1. The van der Waals surface area contributed by atoms with Crippen molar-refractivity contribution < 1.29 is 19.7 Å². The van der Waals surface area contributed by atoms with Crippen LogP contribution in [0.3, 0.4) is 0 Å². The Kier molecular flexibility index (Phi) is 6.99. The van der Waals surface area contributed by atoms with Crippen molar-refractivity contribution in [1.82, 2.24) is 9.97 Å². The molecule has 1 aromatic heterocycles. The van der Waals surface area contributed by atoms with Crippen LogP contribution < -0.4 is 15.0 Å². The molecule has 4 rings (SSSR count). The topological polar surface area (TPSA) is 108 Å². The second kappa shape index (κ2) is 10.1. The lowest BCUT2D eigenvalue weighted by Crippen LogP contribution is -2.33. The Balaban J connectivity index is 1.53. The van der Waals surface area contributed by atoms with Crippen LogP contribution in [0.1, 0.15) is 54.4 Å². The van der Waals surface area contributed by atoms with Crippen LogP contribution in [-0.4, -0.2) is 58.0 Å². The number of fused-ring (bicyclic) bond motifs is 1. The van der Waals surface area contributed by atoms with Crippen molar-refractivity contribution in [2.75, 3.05) is 30.0 Å². The fraction of sp³-hybridized carbons (Fsp3) is 0.522. The number of nitrogens with one attached hydrogen (secondary N) is 1. The number of hydrogen-bond donors (Lipinski definition) is 3. The van der Waals surface area contributed by atoms with Gasteiger partial charge < -0.3 is 20.3 Å². The van der Waals surface area contributed by atoms with Crippen LogP contribution in [0.2, 0.25) is 0 Å². The third kappa shape index (κ3) is 5.32. The minimum absolute atomic E-state index is 0.0856. The van der Waals surface area contributed by atoms with Gasteiger partial charge in [0.1, 0.15) is 11.6 Å². The van der Waals surface area contributed by atoms with E-state index in [4.69, 9.17) is 4.74 Å². The molecule has 2 aliphatic rings. The van der Waals surface area contributed by atoms with Gasteiger partial charge in [0, 0.05) is 37.4 Å². The Labute approximate surface area is 182 Å².